The van der Waals surface area contributed by atoms with E-state index < -0.39 is 34.2 Å². The molecule has 0 radical (unpaired) electrons. The number of sulfonamides is 1. The molecule has 0 saturated heterocycles. The van der Waals surface area contributed by atoms with Crippen LogP contribution >= 0.6 is 0 Å². The molecule has 1 amide bonds. The molecule has 0 atom stereocenters. The van der Waals surface area contributed by atoms with Crippen molar-refractivity contribution in [2.24, 2.45) is 0 Å². The van der Waals surface area contributed by atoms with Crippen LogP contribution in [0.5, 0.6) is 0 Å². The molecule has 0 heterocycles. The van der Waals surface area contributed by atoms with Crippen LogP contribution in [0, 0.1) is 13.8 Å². The molecule has 3 rings (SSSR count). The average Bonchev–Trinajstić information content (AvgIpc) is 2.77. The van der Waals surface area contributed by atoms with E-state index >= 15 is 0 Å². The first-order valence-electron chi connectivity index (χ1n) is 10.1. The summed E-state index contributed by atoms with van der Waals surface area (Å²) < 4.78 is 66.5. The van der Waals surface area contributed by atoms with Gasteiger partial charge < -0.3 is 5.32 Å². The standard InChI is InChI=1S/C24H23F3N2O3S/c1-17-11-12-22(18(2)13-17)29(33(31,32)21-9-4-3-5-10-21)16-23(30)28-15-19-7-6-8-20(14-19)24(25,26)27/h3-14H,15-16H2,1-2H3,(H,28,30). The van der Waals surface area contributed by atoms with Crippen LogP contribution in [-0.2, 0) is 27.5 Å². The van der Waals surface area contributed by atoms with E-state index in [-0.39, 0.29) is 17.0 Å². The van der Waals surface area contributed by atoms with E-state index in [1.54, 1.807) is 37.3 Å². The van der Waals surface area contributed by atoms with Crippen molar-refractivity contribution in [3.05, 3.63) is 95.1 Å². The van der Waals surface area contributed by atoms with Crippen LogP contribution < -0.4 is 9.62 Å². The molecule has 3 aromatic carbocycles. The van der Waals surface area contributed by atoms with Gasteiger partial charge in [0.25, 0.3) is 10.0 Å². The number of nitrogens with zero attached hydrogens (tertiary/aromatic N) is 1. The van der Waals surface area contributed by atoms with E-state index in [9.17, 15) is 26.4 Å². The summed E-state index contributed by atoms with van der Waals surface area (Å²) in [6.45, 7) is 2.92. The topological polar surface area (TPSA) is 66.5 Å². The quantitative estimate of drug-likeness (QED) is 0.531. The maximum atomic E-state index is 13.4. The number of anilines is 1. The molecule has 3 aromatic rings. The van der Waals surface area contributed by atoms with Gasteiger partial charge in [-0.3, -0.25) is 9.10 Å². The van der Waals surface area contributed by atoms with Crippen LogP contribution in [-0.4, -0.2) is 20.9 Å². The fraction of sp³-hybridized carbons (Fsp3) is 0.208. The van der Waals surface area contributed by atoms with Gasteiger partial charge in [0.15, 0.2) is 0 Å². The second kappa shape index (κ2) is 9.66. The van der Waals surface area contributed by atoms with Crippen molar-refractivity contribution in [1.29, 1.82) is 0 Å². The third-order valence-corrected chi connectivity index (χ3v) is 6.76. The second-order valence-electron chi connectivity index (χ2n) is 7.59. The summed E-state index contributed by atoms with van der Waals surface area (Å²) in [5, 5.41) is 2.52. The Morgan fingerprint density at radius 1 is 0.939 bits per heavy atom. The third kappa shape index (κ3) is 5.92. The van der Waals surface area contributed by atoms with Gasteiger partial charge in [0, 0.05) is 6.54 Å². The summed E-state index contributed by atoms with van der Waals surface area (Å²) in [5.74, 6) is -0.646. The zero-order valence-electron chi connectivity index (χ0n) is 18.1. The molecule has 0 saturated carbocycles. The molecular weight excluding hydrogens is 453 g/mol. The lowest BCUT2D eigenvalue weighted by Gasteiger charge is -2.26. The Labute approximate surface area is 190 Å². The van der Waals surface area contributed by atoms with Crippen molar-refractivity contribution in [2.45, 2.75) is 31.5 Å². The minimum absolute atomic E-state index is 0.0238. The summed E-state index contributed by atoms with van der Waals surface area (Å²) in [7, 11) is -4.07. The highest BCUT2D eigenvalue weighted by Crippen LogP contribution is 2.30. The van der Waals surface area contributed by atoms with Crippen molar-refractivity contribution in [3.63, 3.8) is 0 Å². The number of alkyl halides is 3. The molecule has 0 spiro atoms. The minimum Gasteiger partial charge on any atom is -0.350 e. The number of nitrogens with one attached hydrogen (secondary N) is 1. The predicted octanol–water partition coefficient (Wildman–Crippen LogP) is 4.83. The smallest absolute Gasteiger partial charge is 0.350 e. The molecule has 0 aliphatic heterocycles. The Balaban J connectivity index is 1.86. The van der Waals surface area contributed by atoms with E-state index in [1.807, 2.05) is 13.0 Å². The van der Waals surface area contributed by atoms with Gasteiger partial charge >= 0.3 is 6.18 Å². The molecule has 174 valence electrons. The molecule has 0 unspecified atom stereocenters. The van der Waals surface area contributed by atoms with Crippen molar-refractivity contribution in [3.8, 4) is 0 Å². The van der Waals surface area contributed by atoms with E-state index in [1.165, 1.54) is 24.3 Å². The molecule has 1 N–H and O–H groups in total. The first-order valence-corrected chi connectivity index (χ1v) is 11.5. The molecule has 0 aromatic heterocycles. The SMILES string of the molecule is Cc1ccc(N(CC(=O)NCc2cccc(C(F)(F)F)c2)S(=O)(=O)c2ccccc2)c(C)c1. The van der Waals surface area contributed by atoms with Gasteiger partial charge in [-0.15, -0.1) is 0 Å². The van der Waals surface area contributed by atoms with Gasteiger partial charge in [0.05, 0.1) is 16.1 Å². The van der Waals surface area contributed by atoms with E-state index in [4.69, 9.17) is 0 Å². The van der Waals surface area contributed by atoms with Gasteiger partial charge in [0.1, 0.15) is 6.54 Å². The first-order chi connectivity index (χ1) is 15.5. The molecule has 0 aliphatic rings. The Kier molecular flexibility index (Phi) is 7.12. The summed E-state index contributed by atoms with van der Waals surface area (Å²) in [4.78, 5) is 12.7. The number of halogens is 3. The van der Waals surface area contributed by atoms with E-state index in [2.05, 4.69) is 5.32 Å². The molecule has 9 heteroatoms. The highest BCUT2D eigenvalue weighted by molar-refractivity contribution is 7.92. The van der Waals surface area contributed by atoms with Gasteiger partial charge in [0.2, 0.25) is 5.91 Å². The predicted molar refractivity (Wildman–Crippen MR) is 120 cm³/mol. The third-order valence-electron chi connectivity index (χ3n) is 4.98. The summed E-state index contributed by atoms with van der Waals surface area (Å²) >= 11 is 0. The minimum atomic E-state index is -4.50. The second-order valence-corrected chi connectivity index (χ2v) is 9.45. The van der Waals surface area contributed by atoms with Crippen LogP contribution in [0.3, 0.4) is 0 Å². The normalized spacial score (nSPS) is 11.8. The summed E-state index contributed by atoms with van der Waals surface area (Å²) in [6, 6.07) is 17.5. The van der Waals surface area contributed by atoms with E-state index in [0.29, 0.717) is 11.3 Å². The summed E-state index contributed by atoms with van der Waals surface area (Å²) in [5.41, 5.74) is 1.38. The molecule has 0 bridgehead atoms. The lowest BCUT2D eigenvalue weighted by atomic mass is 10.1. The zero-order chi connectivity index (χ0) is 24.2. The van der Waals surface area contributed by atoms with Crippen molar-refractivity contribution in [1.82, 2.24) is 5.32 Å². The lowest BCUT2D eigenvalue weighted by molar-refractivity contribution is -0.137. The van der Waals surface area contributed by atoms with Gasteiger partial charge in [-0.2, -0.15) is 13.2 Å². The number of hydrogen-bond donors (Lipinski definition) is 1. The molecule has 33 heavy (non-hydrogen) atoms. The Hall–Kier alpha value is -3.33. The Bertz CT molecular complexity index is 1240. The van der Waals surface area contributed by atoms with Crippen molar-refractivity contribution in [2.75, 3.05) is 10.8 Å². The monoisotopic (exact) mass is 476 g/mol. The van der Waals surface area contributed by atoms with Crippen LogP contribution in [0.2, 0.25) is 0 Å². The number of amides is 1. The highest BCUT2D eigenvalue weighted by Gasteiger charge is 2.31. The van der Waals surface area contributed by atoms with Gasteiger partial charge in [-0.25, -0.2) is 8.42 Å². The summed E-state index contributed by atoms with van der Waals surface area (Å²) in [6.07, 6.45) is -4.50. The van der Waals surface area contributed by atoms with E-state index in [0.717, 1.165) is 22.0 Å². The number of rotatable bonds is 7. The largest absolute Gasteiger partial charge is 0.416 e. The fourth-order valence-electron chi connectivity index (χ4n) is 3.35. The Morgan fingerprint density at radius 2 is 1.64 bits per heavy atom. The first kappa shape index (κ1) is 24.3. The fourth-order valence-corrected chi connectivity index (χ4v) is 4.86. The van der Waals surface area contributed by atoms with Gasteiger partial charge in [-0.1, -0.05) is 48.0 Å². The number of hydrogen-bond acceptors (Lipinski definition) is 3. The van der Waals surface area contributed by atoms with Crippen molar-refractivity contribution < 1.29 is 26.4 Å². The van der Waals surface area contributed by atoms with Gasteiger partial charge in [-0.05, 0) is 55.3 Å². The number of carbonyl (C=O) groups excluding carboxylic acids is 1. The number of benzene rings is 3. The van der Waals surface area contributed by atoms with Crippen LogP contribution in [0.4, 0.5) is 18.9 Å². The average molecular weight is 477 g/mol. The van der Waals surface area contributed by atoms with Crippen LogP contribution in [0.25, 0.3) is 0 Å². The Morgan fingerprint density at radius 3 is 2.27 bits per heavy atom. The maximum Gasteiger partial charge on any atom is 0.416 e. The van der Waals surface area contributed by atoms with Crippen molar-refractivity contribution >= 4 is 21.6 Å². The molecule has 0 aliphatic carbocycles. The molecular formula is C24H23F3N2O3S. The van der Waals surface area contributed by atoms with Crippen LogP contribution in [0.1, 0.15) is 22.3 Å². The highest BCUT2D eigenvalue weighted by atomic mass is 32.2. The maximum absolute atomic E-state index is 13.4. The van der Waals surface area contributed by atoms with Crippen LogP contribution in [0.15, 0.2) is 77.7 Å². The lowest BCUT2D eigenvalue weighted by Crippen LogP contribution is -2.41. The zero-order valence-corrected chi connectivity index (χ0v) is 18.9. The number of carbonyl (C=O) groups is 1. The molecule has 5 nitrogen and oxygen atoms in total. The number of aryl methyl sites for hydroxylation is 2. The molecule has 0 fully saturated rings.